The highest BCUT2D eigenvalue weighted by molar-refractivity contribution is 5.95. The third-order valence-corrected chi connectivity index (χ3v) is 6.01. The molecule has 0 atom stereocenters. The molecule has 5 heterocycles. The van der Waals surface area contributed by atoms with Gasteiger partial charge in [0.05, 0.1) is 5.56 Å². The number of nitrogens with one attached hydrogen (secondary N) is 1. The summed E-state index contributed by atoms with van der Waals surface area (Å²) in [5.41, 5.74) is 2.22. The van der Waals surface area contributed by atoms with E-state index in [4.69, 9.17) is 9.05 Å². The molecule has 5 aromatic rings. The molecule has 1 aliphatic heterocycles. The van der Waals surface area contributed by atoms with Gasteiger partial charge in [-0.05, 0) is 30.5 Å². The van der Waals surface area contributed by atoms with Crippen LogP contribution in [-0.4, -0.2) is 60.3 Å². The number of carbonyl (C=O) groups excluding carboxylic acids is 1. The fourth-order valence-electron chi connectivity index (χ4n) is 4.29. The molecule has 0 saturated carbocycles. The van der Waals surface area contributed by atoms with Crippen LogP contribution in [0.4, 0.5) is 5.82 Å². The highest BCUT2D eigenvalue weighted by Crippen LogP contribution is 2.27. The molecule has 1 N–H and O–H groups in total. The van der Waals surface area contributed by atoms with Gasteiger partial charge in [-0.25, -0.2) is 4.98 Å². The van der Waals surface area contributed by atoms with Crippen molar-refractivity contribution in [3.05, 3.63) is 60.1 Å². The van der Waals surface area contributed by atoms with Crippen LogP contribution in [0, 0.1) is 13.8 Å². The summed E-state index contributed by atoms with van der Waals surface area (Å²) in [4.78, 5) is 28.0. The van der Waals surface area contributed by atoms with E-state index >= 15 is 0 Å². The minimum atomic E-state index is -0.0267. The molecule has 1 aliphatic rings. The second-order valence-corrected chi connectivity index (χ2v) is 8.41. The van der Waals surface area contributed by atoms with E-state index < -0.39 is 0 Å². The van der Waals surface area contributed by atoms with Gasteiger partial charge >= 0.3 is 0 Å². The van der Waals surface area contributed by atoms with E-state index in [9.17, 15) is 4.79 Å². The van der Waals surface area contributed by atoms with Crippen molar-refractivity contribution in [2.75, 3.05) is 25.0 Å². The lowest BCUT2D eigenvalue weighted by molar-refractivity contribution is 0.0712. The van der Waals surface area contributed by atoms with E-state index in [-0.39, 0.29) is 5.91 Å². The van der Waals surface area contributed by atoms with Gasteiger partial charge in [0.1, 0.15) is 11.5 Å². The zero-order valence-corrected chi connectivity index (χ0v) is 19.2. The number of aromatic nitrogens is 6. The van der Waals surface area contributed by atoms with Gasteiger partial charge < -0.3 is 23.8 Å². The lowest BCUT2D eigenvalue weighted by Gasteiger charge is -2.28. The van der Waals surface area contributed by atoms with Crippen molar-refractivity contribution >= 4 is 22.5 Å². The lowest BCUT2D eigenvalue weighted by Crippen LogP contribution is -2.42. The first kappa shape index (κ1) is 21.0. The number of aryl methyl sites for hydroxylation is 2. The molecule has 0 fully saturated rings. The molecule has 11 heteroatoms. The molecule has 0 radical (unpaired) electrons. The second-order valence-electron chi connectivity index (χ2n) is 8.41. The van der Waals surface area contributed by atoms with Gasteiger partial charge in [0.15, 0.2) is 5.82 Å². The summed E-state index contributed by atoms with van der Waals surface area (Å²) in [5, 5.41) is 13.2. The van der Waals surface area contributed by atoms with Crippen LogP contribution in [0.1, 0.15) is 22.2 Å². The zero-order chi connectivity index (χ0) is 23.9. The third-order valence-electron chi connectivity index (χ3n) is 6.01. The quantitative estimate of drug-likeness (QED) is 0.397. The van der Waals surface area contributed by atoms with Crippen molar-refractivity contribution in [1.29, 1.82) is 0 Å². The van der Waals surface area contributed by atoms with E-state index in [0.29, 0.717) is 55.3 Å². The van der Waals surface area contributed by atoms with Gasteiger partial charge in [0.2, 0.25) is 11.7 Å². The molecule has 11 nitrogen and oxygen atoms in total. The molecule has 1 amide bonds. The number of pyridine rings is 1. The van der Waals surface area contributed by atoms with Crippen molar-refractivity contribution in [2.24, 2.45) is 0 Å². The van der Waals surface area contributed by atoms with Crippen LogP contribution in [0.3, 0.4) is 0 Å². The van der Waals surface area contributed by atoms with Gasteiger partial charge in [0.25, 0.3) is 11.8 Å². The number of anilines is 1. The number of nitrogens with zero attached hydrogens (tertiary/aromatic N) is 7. The molecule has 0 unspecified atom stereocenters. The fraction of sp³-hybridized carbons (Fsp3) is 0.250. The van der Waals surface area contributed by atoms with E-state index in [0.717, 1.165) is 27.7 Å². The Morgan fingerprint density at radius 2 is 1.94 bits per heavy atom. The predicted octanol–water partition coefficient (Wildman–Crippen LogP) is 3.32. The Balaban J connectivity index is 1.16. The summed E-state index contributed by atoms with van der Waals surface area (Å²) in [5.74, 6) is 2.75. The monoisotopic (exact) mass is 470 g/mol. The van der Waals surface area contributed by atoms with Crippen LogP contribution in [0.2, 0.25) is 0 Å². The Bertz CT molecular complexity index is 1550. The molecule has 4 aromatic heterocycles. The minimum Gasteiger partial charge on any atom is -0.368 e. The molecular weight excluding hydrogens is 448 g/mol. The Morgan fingerprint density at radius 3 is 2.74 bits per heavy atom. The Morgan fingerprint density at radius 1 is 1.03 bits per heavy atom. The van der Waals surface area contributed by atoms with Crippen LogP contribution in [0.5, 0.6) is 0 Å². The highest BCUT2D eigenvalue weighted by atomic mass is 16.5. The third kappa shape index (κ3) is 3.90. The molecule has 6 rings (SSSR count). The summed E-state index contributed by atoms with van der Waals surface area (Å²) in [6, 6.07) is 9.73. The number of hydrogen-bond donors (Lipinski definition) is 1. The normalized spacial score (nSPS) is 13.4. The first-order valence-electron chi connectivity index (χ1n) is 11.3. The molecule has 1 aromatic carbocycles. The molecule has 35 heavy (non-hydrogen) atoms. The van der Waals surface area contributed by atoms with Gasteiger partial charge in [-0.3, -0.25) is 4.79 Å². The first-order chi connectivity index (χ1) is 17.0. The Labute approximate surface area is 199 Å². The maximum atomic E-state index is 13.1. The van der Waals surface area contributed by atoms with E-state index in [1.807, 2.05) is 46.0 Å². The molecule has 0 aliphatic carbocycles. The molecule has 0 saturated heterocycles. The Kier molecular flexibility index (Phi) is 5.02. The number of hydrogen-bond acceptors (Lipinski definition) is 9. The maximum absolute atomic E-state index is 13.1. The van der Waals surface area contributed by atoms with E-state index in [1.165, 1.54) is 0 Å². The van der Waals surface area contributed by atoms with Crippen LogP contribution >= 0.6 is 0 Å². The standard InChI is InChI=1S/C24H22N8O3/c1-14-27-23(35-29-14)18-12-20-24(33)31(9-10-32(20)13-18)8-7-26-22-19-11-17(21-28-15(2)34-30-21)4-3-16(19)5-6-25-22/h3-6,11-13H,7-10H2,1-2H3,(H,25,26). The lowest BCUT2D eigenvalue weighted by atomic mass is 10.1. The Hall–Kier alpha value is -4.54. The minimum absolute atomic E-state index is 0.0267. The number of amides is 1. The number of benzene rings is 1. The molecular formula is C24H22N8O3. The van der Waals surface area contributed by atoms with Crippen LogP contribution < -0.4 is 5.32 Å². The largest absolute Gasteiger partial charge is 0.368 e. The summed E-state index contributed by atoms with van der Waals surface area (Å²) in [7, 11) is 0. The van der Waals surface area contributed by atoms with Crippen LogP contribution in [-0.2, 0) is 6.54 Å². The van der Waals surface area contributed by atoms with Crippen molar-refractivity contribution < 1.29 is 13.8 Å². The fourth-order valence-corrected chi connectivity index (χ4v) is 4.29. The summed E-state index contributed by atoms with van der Waals surface area (Å²) >= 11 is 0. The van der Waals surface area contributed by atoms with Crippen molar-refractivity contribution in [2.45, 2.75) is 20.4 Å². The van der Waals surface area contributed by atoms with Gasteiger partial charge in [-0.1, -0.05) is 22.4 Å². The van der Waals surface area contributed by atoms with Crippen molar-refractivity contribution in [3.63, 3.8) is 0 Å². The summed E-state index contributed by atoms with van der Waals surface area (Å²) < 4.78 is 12.3. The summed E-state index contributed by atoms with van der Waals surface area (Å²) in [6.45, 7) is 5.95. The topological polar surface area (TPSA) is 128 Å². The van der Waals surface area contributed by atoms with Gasteiger partial charge in [0, 0.05) is 56.4 Å². The zero-order valence-electron chi connectivity index (χ0n) is 19.2. The maximum Gasteiger partial charge on any atom is 0.270 e. The first-order valence-corrected chi connectivity index (χ1v) is 11.3. The molecule has 0 bridgehead atoms. The SMILES string of the molecule is Cc1noc(-c2cc3n(c2)CCN(CCNc2nccc4ccc(-c5noc(C)n5)cc24)C3=O)n1. The second kappa shape index (κ2) is 8.35. The van der Waals surface area contributed by atoms with Gasteiger partial charge in [-0.2, -0.15) is 9.97 Å². The predicted molar refractivity (Wildman–Crippen MR) is 127 cm³/mol. The van der Waals surface area contributed by atoms with E-state index in [2.05, 4.69) is 30.6 Å². The van der Waals surface area contributed by atoms with Crippen molar-refractivity contribution in [3.8, 4) is 22.8 Å². The summed E-state index contributed by atoms with van der Waals surface area (Å²) in [6.07, 6.45) is 3.65. The number of rotatable bonds is 6. The van der Waals surface area contributed by atoms with E-state index in [1.54, 1.807) is 20.0 Å². The number of fused-ring (bicyclic) bond motifs is 2. The number of carbonyl (C=O) groups is 1. The molecule has 176 valence electrons. The van der Waals surface area contributed by atoms with Crippen LogP contribution in [0.25, 0.3) is 33.6 Å². The van der Waals surface area contributed by atoms with Crippen molar-refractivity contribution in [1.82, 2.24) is 34.7 Å². The molecule has 0 spiro atoms. The van der Waals surface area contributed by atoms with Gasteiger partial charge in [-0.15, -0.1) is 0 Å². The average Bonchev–Trinajstić information content (AvgIpc) is 3.60. The smallest absolute Gasteiger partial charge is 0.270 e. The highest BCUT2D eigenvalue weighted by Gasteiger charge is 2.26. The van der Waals surface area contributed by atoms with Crippen LogP contribution in [0.15, 0.2) is 51.8 Å². The average molecular weight is 470 g/mol.